The molecule has 32 heavy (non-hydrogen) atoms. The summed E-state index contributed by atoms with van der Waals surface area (Å²) < 4.78 is 1.87. The molecule has 3 aliphatic carbocycles. The van der Waals surface area contributed by atoms with Crippen LogP contribution >= 0.6 is 23.2 Å². The molecule has 1 atom stereocenters. The van der Waals surface area contributed by atoms with Crippen LogP contribution in [0.15, 0.2) is 33.9 Å². The van der Waals surface area contributed by atoms with E-state index in [2.05, 4.69) is 5.43 Å². The van der Waals surface area contributed by atoms with E-state index in [4.69, 9.17) is 28.3 Å². The minimum atomic E-state index is -0.465. The Balaban J connectivity index is 1.62. The second-order valence-corrected chi connectivity index (χ2v) is 9.86. The molecule has 1 amide bonds. The van der Waals surface area contributed by atoms with E-state index in [9.17, 15) is 9.90 Å². The highest BCUT2D eigenvalue weighted by molar-refractivity contribution is 6.36. The van der Waals surface area contributed by atoms with Gasteiger partial charge in [0.05, 0.1) is 22.5 Å². The van der Waals surface area contributed by atoms with E-state index in [1.165, 1.54) is 12.0 Å². The van der Waals surface area contributed by atoms with Gasteiger partial charge in [-0.1, -0.05) is 47.3 Å². The van der Waals surface area contributed by atoms with Gasteiger partial charge in [0.15, 0.2) is 5.69 Å². The average Bonchev–Trinajstić information content (AvgIpc) is 3.03. The number of hydrogen-bond acceptors (Lipinski definition) is 4. The number of allylic oxidation sites excluding steroid dienone is 6. The van der Waals surface area contributed by atoms with Gasteiger partial charge < -0.3 is 5.11 Å². The number of halogens is 2. The van der Waals surface area contributed by atoms with Gasteiger partial charge in [0.1, 0.15) is 0 Å². The van der Waals surface area contributed by atoms with Gasteiger partial charge in [0.2, 0.25) is 0 Å². The van der Waals surface area contributed by atoms with Crippen LogP contribution < -0.4 is 5.43 Å². The third-order valence-corrected chi connectivity index (χ3v) is 7.34. The third-order valence-electron chi connectivity index (χ3n) is 6.71. The minimum absolute atomic E-state index is 0.160. The Hall–Kier alpha value is -1.86. The van der Waals surface area contributed by atoms with E-state index in [1.54, 1.807) is 6.08 Å². The molecular formula is C24H28Cl2N4O2. The zero-order chi connectivity index (χ0) is 22.2. The second-order valence-electron chi connectivity index (χ2n) is 8.96. The van der Waals surface area contributed by atoms with Crippen LogP contribution in [0.5, 0.6) is 0 Å². The number of nitrogens with zero attached hydrogens (tertiary/aromatic N) is 3. The van der Waals surface area contributed by atoms with E-state index in [0.717, 1.165) is 72.8 Å². The molecule has 1 fully saturated rings. The SMILES string of the molecule is O=C(NN1CCCCC1)c1nn(C2=C(Cl)C=C(Cl)CC2)c2c1CCCC1=C2C=CC(O)C1. The van der Waals surface area contributed by atoms with E-state index in [-0.39, 0.29) is 5.91 Å². The molecule has 0 spiro atoms. The molecule has 2 heterocycles. The molecular weight excluding hydrogens is 447 g/mol. The number of carbonyl (C=O) groups excluding carboxylic acids is 1. The number of nitrogens with one attached hydrogen (secondary N) is 1. The maximum absolute atomic E-state index is 13.4. The summed E-state index contributed by atoms with van der Waals surface area (Å²) in [5, 5.41) is 18.3. The van der Waals surface area contributed by atoms with Crippen LogP contribution in [0.25, 0.3) is 11.3 Å². The van der Waals surface area contributed by atoms with Gasteiger partial charge in [-0.2, -0.15) is 5.10 Å². The minimum Gasteiger partial charge on any atom is -0.389 e. The van der Waals surface area contributed by atoms with Crippen molar-refractivity contribution in [1.29, 1.82) is 0 Å². The molecule has 1 aromatic rings. The van der Waals surface area contributed by atoms with Crippen molar-refractivity contribution in [3.8, 4) is 0 Å². The van der Waals surface area contributed by atoms with Crippen LogP contribution in [0.3, 0.4) is 0 Å². The van der Waals surface area contributed by atoms with Crippen LogP contribution in [-0.2, 0) is 6.42 Å². The molecule has 8 heteroatoms. The Kier molecular flexibility index (Phi) is 6.30. The summed E-state index contributed by atoms with van der Waals surface area (Å²) in [7, 11) is 0. The first-order valence-corrected chi connectivity index (χ1v) is 12.3. The summed E-state index contributed by atoms with van der Waals surface area (Å²) in [6.07, 6.45) is 13.0. The molecule has 0 aromatic carbocycles. The lowest BCUT2D eigenvalue weighted by molar-refractivity contribution is 0.0743. The Bertz CT molecular complexity index is 1060. The Morgan fingerprint density at radius 2 is 1.91 bits per heavy atom. The summed E-state index contributed by atoms with van der Waals surface area (Å²) in [5.41, 5.74) is 8.58. The number of fused-ring (bicyclic) bond motifs is 2. The average molecular weight is 475 g/mol. The van der Waals surface area contributed by atoms with Crippen molar-refractivity contribution in [2.75, 3.05) is 13.1 Å². The van der Waals surface area contributed by atoms with Gasteiger partial charge in [-0.3, -0.25) is 10.2 Å². The second kappa shape index (κ2) is 9.18. The molecule has 0 radical (unpaired) electrons. The topological polar surface area (TPSA) is 70.4 Å². The number of aromatic nitrogens is 2. The molecule has 5 rings (SSSR count). The summed E-state index contributed by atoms with van der Waals surface area (Å²) in [6.45, 7) is 1.73. The highest BCUT2D eigenvalue weighted by Crippen LogP contribution is 2.41. The highest BCUT2D eigenvalue weighted by Gasteiger charge is 2.32. The first-order chi connectivity index (χ1) is 15.5. The van der Waals surface area contributed by atoms with E-state index < -0.39 is 6.10 Å². The fraction of sp³-hybridized carbons (Fsp3) is 0.500. The lowest BCUT2D eigenvalue weighted by Crippen LogP contribution is -2.45. The van der Waals surface area contributed by atoms with Crippen molar-refractivity contribution in [2.24, 2.45) is 0 Å². The van der Waals surface area contributed by atoms with E-state index in [1.807, 2.05) is 21.8 Å². The van der Waals surface area contributed by atoms with Crippen molar-refractivity contribution < 1.29 is 9.90 Å². The molecule has 1 aliphatic heterocycles. The van der Waals surface area contributed by atoms with Crippen molar-refractivity contribution in [3.63, 3.8) is 0 Å². The smallest absolute Gasteiger partial charge is 0.286 e. The fourth-order valence-corrected chi connectivity index (χ4v) is 5.68. The molecule has 170 valence electrons. The van der Waals surface area contributed by atoms with Crippen LogP contribution in [-0.4, -0.2) is 45.0 Å². The van der Waals surface area contributed by atoms with Crippen LogP contribution in [0.4, 0.5) is 0 Å². The number of aliphatic hydroxyl groups is 1. The highest BCUT2D eigenvalue weighted by atomic mass is 35.5. The van der Waals surface area contributed by atoms with Crippen LogP contribution in [0, 0.1) is 0 Å². The van der Waals surface area contributed by atoms with Gasteiger partial charge in [0, 0.05) is 23.7 Å². The Labute approximate surface area is 198 Å². The predicted molar refractivity (Wildman–Crippen MR) is 127 cm³/mol. The molecule has 1 unspecified atom stereocenters. The number of hydrogen-bond donors (Lipinski definition) is 2. The molecule has 0 bridgehead atoms. The van der Waals surface area contributed by atoms with Gasteiger partial charge >= 0.3 is 0 Å². The zero-order valence-electron chi connectivity index (χ0n) is 18.0. The molecule has 1 aromatic heterocycles. The molecule has 1 saturated heterocycles. The molecule has 4 aliphatic rings. The first-order valence-electron chi connectivity index (χ1n) is 11.5. The van der Waals surface area contributed by atoms with Crippen LogP contribution in [0.1, 0.15) is 73.1 Å². The van der Waals surface area contributed by atoms with Gasteiger partial charge in [-0.15, -0.1) is 0 Å². The van der Waals surface area contributed by atoms with Gasteiger partial charge in [-0.25, -0.2) is 9.69 Å². The van der Waals surface area contributed by atoms with Crippen molar-refractivity contribution in [3.05, 3.63) is 50.8 Å². The van der Waals surface area contributed by atoms with Gasteiger partial charge in [-0.05, 0) is 63.0 Å². The molecule has 0 saturated carbocycles. The zero-order valence-corrected chi connectivity index (χ0v) is 19.6. The summed E-state index contributed by atoms with van der Waals surface area (Å²) in [6, 6.07) is 0. The van der Waals surface area contributed by atoms with Gasteiger partial charge in [0.25, 0.3) is 5.91 Å². The maximum atomic E-state index is 13.4. The Morgan fingerprint density at radius 3 is 2.69 bits per heavy atom. The number of amides is 1. The maximum Gasteiger partial charge on any atom is 0.286 e. The number of rotatable bonds is 3. The lowest BCUT2D eigenvalue weighted by atomic mass is 9.91. The van der Waals surface area contributed by atoms with Crippen molar-refractivity contribution in [2.45, 2.75) is 63.9 Å². The number of hydrazine groups is 1. The van der Waals surface area contributed by atoms with Crippen molar-refractivity contribution in [1.82, 2.24) is 20.2 Å². The van der Waals surface area contributed by atoms with Crippen molar-refractivity contribution >= 4 is 40.4 Å². The van der Waals surface area contributed by atoms with E-state index >= 15 is 0 Å². The first kappa shape index (κ1) is 22.0. The van der Waals surface area contributed by atoms with E-state index in [0.29, 0.717) is 30.0 Å². The fourth-order valence-electron chi connectivity index (χ4n) is 5.12. The normalized spacial score (nSPS) is 24.1. The summed E-state index contributed by atoms with van der Waals surface area (Å²) in [4.78, 5) is 13.4. The number of piperidine rings is 1. The molecule has 6 nitrogen and oxygen atoms in total. The number of aliphatic hydroxyl groups excluding tert-OH is 1. The lowest BCUT2D eigenvalue weighted by Gasteiger charge is -2.26. The summed E-state index contributed by atoms with van der Waals surface area (Å²) >= 11 is 12.8. The summed E-state index contributed by atoms with van der Waals surface area (Å²) in [5.74, 6) is -0.160. The third kappa shape index (κ3) is 4.21. The molecule has 2 N–H and O–H groups in total. The monoisotopic (exact) mass is 474 g/mol. The largest absolute Gasteiger partial charge is 0.389 e. The number of carbonyl (C=O) groups is 1. The standard InChI is InChI=1S/C24H28Cl2N4O2/c25-16-7-10-21(20(26)14-16)30-23-18-9-8-17(31)13-15(18)5-4-6-19(23)22(27-30)24(32)28-29-11-2-1-3-12-29/h8-9,14,17,31H,1-7,10-13H2,(H,28,32). The van der Waals surface area contributed by atoms with Crippen LogP contribution in [0.2, 0.25) is 0 Å². The quantitative estimate of drug-likeness (QED) is 0.662. The predicted octanol–water partition coefficient (Wildman–Crippen LogP) is 4.75. The Morgan fingerprint density at radius 1 is 1.09 bits per heavy atom.